The van der Waals surface area contributed by atoms with Crippen molar-refractivity contribution in [2.45, 2.75) is 25.2 Å². The normalized spacial score (nSPS) is 22.8. The molecule has 1 aliphatic heterocycles. The second-order valence-electron chi connectivity index (χ2n) is 3.19. The third-order valence-corrected chi connectivity index (χ3v) is 2.23. The summed E-state index contributed by atoms with van der Waals surface area (Å²) in [4.78, 5) is 0. The fourth-order valence-corrected chi connectivity index (χ4v) is 1.43. The van der Waals surface area contributed by atoms with Crippen molar-refractivity contribution in [3.05, 3.63) is 0 Å². The van der Waals surface area contributed by atoms with Crippen LogP contribution in [0.25, 0.3) is 0 Å². The molecule has 0 saturated carbocycles. The molecule has 13 heavy (non-hydrogen) atoms. The minimum absolute atomic E-state index is 0.151. The zero-order chi connectivity index (χ0) is 9.52. The largest absolute Gasteiger partial charge is 0.377 e. The van der Waals surface area contributed by atoms with Crippen molar-refractivity contribution in [3.63, 3.8) is 0 Å². The van der Waals surface area contributed by atoms with Crippen LogP contribution in [0.4, 0.5) is 0 Å². The van der Waals surface area contributed by atoms with E-state index in [9.17, 15) is 0 Å². The van der Waals surface area contributed by atoms with Gasteiger partial charge in [-0.2, -0.15) is 0 Å². The first kappa shape index (κ1) is 10.9. The Bertz CT molecular complexity index is 120. The maximum absolute atomic E-state index is 5.46. The Labute approximate surface area is 79.5 Å². The van der Waals surface area contributed by atoms with Gasteiger partial charge < -0.3 is 19.5 Å². The molecule has 0 aliphatic carbocycles. The van der Waals surface area contributed by atoms with Gasteiger partial charge in [0, 0.05) is 33.9 Å². The highest BCUT2D eigenvalue weighted by atomic mass is 16.7. The maximum atomic E-state index is 5.46. The van der Waals surface area contributed by atoms with Gasteiger partial charge in [-0.05, 0) is 12.8 Å². The maximum Gasteiger partial charge on any atom is 0.169 e. The summed E-state index contributed by atoms with van der Waals surface area (Å²) in [7, 11) is 3.28. The Hall–Kier alpha value is -0.160. The number of nitrogens with one attached hydrogen (secondary N) is 1. The van der Waals surface area contributed by atoms with E-state index in [4.69, 9.17) is 14.2 Å². The van der Waals surface area contributed by atoms with Crippen molar-refractivity contribution in [2.24, 2.45) is 0 Å². The molecule has 1 N–H and O–H groups in total. The van der Waals surface area contributed by atoms with Gasteiger partial charge in [0.2, 0.25) is 0 Å². The van der Waals surface area contributed by atoms with Crippen LogP contribution in [0.3, 0.4) is 0 Å². The number of ether oxygens (including phenoxy) is 3. The van der Waals surface area contributed by atoms with Crippen LogP contribution in [0.2, 0.25) is 0 Å². The van der Waals surface area contributed by atoms with E-state index < -0.39 is 0 Å². The van der Waals surface area contributed by atoms with Crippen molar-refractivity contribution >= 4 is 0 Å². The zero-order valence-corrected chi connectivity index (χ0v) is 8.41. The molecule has 4 nitrogen and oxygen atoms in total. The van der Waals surface area contributed by atoms with Crippen molar-refractivity contribution in [3.8, 4) is 0 Å². The van der Waals surface area contributed by atoms with Crippen LogP contribution in [0.1, 0.15) is 12.8 Å². The first-order valence-electron chi connectivity index (χ1n) is 4.74. The lowest BCUT2D eigenvalue weighted by Crippen LogP contribution is -2.34. The smallest absolute Gasteiger partial charge is 0.169 e. The van der Waals surface area contributed by atoms with Crippen molar-refractivity contribution < 1.29 is 14.2 Å². The Balaban J connectivity index is 1.98. The predicted molar refractivity (Wildman–Crippen MR) is 49.6 cm³/mol. The van der Waals surface area contributed by atoms with E-state index in [1.54, 1.807) is 14.2 Å². The van der Waals surface area contributed by atoms with Crippen LogP contribution in [0, 0.1) is 0 Å². The van der Waals surface area contributed by atoms with E-state index in [1.807, 2.05) is 0 Å². The predicted octanol–water partition coefficient (Wildman–Crippen LogP) is 0.374. The average molecular weight is 189 g/mol. The lowest BCUT2D eigenvalue weighted by molar-refractivity contribution is -0.0994. The Morgan fingerprint density at radius 3 is 2.77 bits per heavy atom. The van der Waals surface area contributed by atoms with Crippen molar-refractivity contribution in [1.29, 1.82) is 0 Å². The molecule has 1 atom stereocenters. The third-order valence-electron chi connectivity index (χ3n) is 2.23. The van der Waals surface area contributed by atoms with Crippen LogP contribution < -0.4 is 5.32 Å². The standard InChI is InChI=1S/C9H19NO3/c1-11-9(12-2)7-10-6-8-4-3-5-13-8/h8-10H,3-7H2,1-2H3/t8-/m1/s1. The summed E-state index contributed by atoms with van der Waals surface area (Å²) in [6.45, 7) is 2.51. The molecule has 0 radical (unpaired) electrons. The molecule has 1 aliphatic rings. The van der Waals surface area contributed by atoms with Crippen LogP contribution >= 0.6 is 0 Å². The first-order chi connectivity index (χ1) is 6.36. The molecule has 0 aromatic carbocycles. The molecule has 1 saturated heterocycles. The molecule has 1 fully saturated rings. The molecule has 4 heteroatoms. The molecule has 0 amide bonds. The minimum atomic E-state index is -0.151. The van der Waals surface area contributed by atoms with Gasteiger partial charge in [-0.3, -0.25) is 0 Å². The molecule has 0 aromatic heterocycles. The summed E-state index contributed by atoms with van der Waals surface area (Å²) in [5, 5.41) is 3.25. The van der Waals surface area contributed by atoms with Crippen LogP contribution in [-0.2, 0) is 14.2 Å². The number of hydrogen-bond acceptors (Lipinski definition) is 4. The number of methoxy groups -OCH3 is 2. The van der Waals surface area contributed by atoms with Crippen LogP contribution in [0.5, 0.6) is 0 Å². The molecule has 0 spiro atoms. The van der Waals surface area contributed by atoms with E-state index in [-0.39, 0.29) is 6.29 Å². The summed E-state index contributed by atoms with van der Waals surface area (Å²) in [6, 6.07) is 0. The third kappa shape index (κ3) is 4.04. The summed E-state index contributed by atoms with van der Waals surface area (Å²) in [5.41, 5.74) is 0. The van der Waals surface area contributed by atoms with Gasteiger partial charge in [0.25, 0.3) is 0 Å². The van der Waals surface area contributed by atoms with Crippen LogP contribution in [0.15, 0.2) is 0 Å². The molecule has 1 heterocycles. The van der Waals surface area contributed by atoms with Gasteiger partial charge in [0.1, 0.15) is 0 Å². The van der Waals surface area contributed by atoms with Gasteiger partial charge in [-0.15, -0.1) is 0 Å². The molecule has 0 unspecified atom stereocenters. The van der Waals surface area contributed by atoms with E-state index >= 15 is 0 Å². The van der Waals surface area contributed by atoms with Crippen molar-refractivity contribution in [1.82, 2.24) is 5.32 Å². The van der Waals surface area contributed by atoms with E-state index in [1.165, 1.54) is 6.42 Å². The van der Waals surface area contributed by atoms with Gasteiger partial charge in [0.05, 0.1) is 6.10 Å². The average Bonchev–Trinajstić information content (AvgIpc) is 2.65. The monoisotopic (exact) mass is 189 g/mol. The quantitative estimate of drug-likeness (QED) is 0.613. The van der Waals surface area contributed by atoms with Gasteiger partial charge in [0.15, 0.2) is 6.29 Å². The fraction of sp³-hybridized carbons (Fsp3) is 1.00. The van der Waals surface area contributed by atoms with Crippen LogP contribution in [-0.4, -0.2) is 46.3 Å². The SMILES string of the molecule is COC(CNC[C@H]1CCCO1)OC. The Morgan fingerprint density at radius 1 is 1.46 bits per heavy atom. The topological polar surface area (TPSA) is 39.7 Å². The van der Waals surface area contributed by atoms with Crippen molar-refractivity contribution in [2.75, 3.05) is 33.9 Å². The molecule has 0 aromatic rings. The van der Waals surface area contributed by atoms with E-state index in [2.05, 4.69) is 5.32 Å². The minimum Gasteiger partial charge on any atom is -0.377 e. The number of hydrogen-bond donors (Lipinski definition) is 1. The summed E-state index contributed by atoms with van der Waals surface area (Å²) >= 11 is 0. The second-order valence-corrected chi connectivity index (χ2v) is 3.19. The lowest BCUT2D eigenvalue weighted by Gasteiger charge is -2.16. The first-order valence-corrected chi connectivity index (χ1v) is 4.74. The van der Waals surface area contributed by atoms with E-state index in [0.29, 0.717) is 12.6 Å². The highest BCUT2D eigenvalue weighted by Gasteiger charge is 2.15. The van der Waals surface area contributed by atoms with Gasteiger partial charge >= 0.3 is 0 Å². The lowest BCUT2D eigenvalue weighted by atomic mass is 10.2. The summed E-state index contributed by atoms with van der Waals surface area (Å²) in [6.07, 6.45) is 2.58. The highest BCUT2D eigenvalue weighted by molar-refractivity contribution is 4.67. The molecular weight excluding hydrogens is 170 g/mol. The van der Waals surface area contributed by atoms with E-state index in [0.717, 1.165) is 19.6 Å². The molecule has 1 rings (SSSR count). The zero-order valence-electron chi connectivity index (χ0n) is 8.41. The molecule has 0 bridgehead atoms. The molecule has 78 valence electrons. The molecular formula is C9H19NO3. The summed E-state index contributed by atoms with van der Waals surface area (Å²) < 4.78 is 15.5. The summed E-state index contributed by atoms with van der Waals surface area (Å²) in [5.74, 6) is 0. The number of rotatable bonds is 6. The Kier molecular flexibility index (Phi) is 5.31. The van der Waals surface area contributed by atoms with Gasteiger partial charge in [-0.25, -0.2) is 0 Å². The fourth-order valence-electron chi connectivity index (χ4n) is 1.43. The highest BCUT2D eigenvalue weighted by Crippen LogP contribution is 2.10. The van der Waals surface area contributed by atoms with Gasteiger partial charge in [-0.1, -0.05) is 0 Å². The second kappa shape index (κ2) is 6.32. The Morgan fingerprint density at radius 2 is 2.23 bits per heavy atom.